The largest absolute Gasteiger partial charge is 0.495 e. The van der Waals surface area contributed by atoms with Gasteiger partial charge in [0.2, 0.25) is 10.0 Å². The maximum Gasteiger partial charge on any atom is 0.244 e. The van der Waals surface area contributed by atoms with Crippen molar-refractivity contribution < 1.29 is 17.6 Å². The molecule has 0 unspecified atom stereocenters. The van der Waals surface area contributed by atoms with Crippen molar-refractivity contribution in [2.45, 2.75) is 11.4 Å². The van der Waals surface area contributed by atoms with Gasteiger partial charge in [-0.15, -0.1) is 0 Å². The molecule has 0 bridgehead atoms. The predicted octanol–water partition coefficient (Wildman–Crippen LogP) is 2.88. The first-order chi connectivity index (χ1) is 12.0. The Labute approximate surface area is 149 Å². The summed E-state index contributed by atoms with van der Waals surface area (Å²) in [5.74, 6) is 0.699. The lowest BCUT2D eigenvalue weighted by Gasteiger charge is -2.11. The fourth-order valence-corrected chi connectivity index (χ4v) is 3.63. The summed E-state index contributed by atoms with van der Waals surface area (Å²) in [4.78, 5) is 8.34. The topological polar surface area (TPSA) is 94.3 Å². The van der Waals surface area contributed by atoms with Crippen LogP contribution in [0.15, 0.2) is 58.3 Å². The quantitative estimate of drug-likeness (QED) is 0.707. The minimum atomic E-state index is -3.87. The van der Waals surface area contributed by atoms with Crippen molar-refractivity contribution in [3.63, 3.8) is 0 Å². The molecule has 2 heterocycles. The molecule has 1 aromatic carbocycles. The molecule has 1 N–H and O–H groups in total. The number of methoxy groups -OCH3 is 1. The molecule has 0 radical (unpaired) electrons. The number of rotatable bonds is 6. The average molecular weight is 380 g/mol. The van der Waals surface area contributed by atoms with Crippen LogP contribution in [0.25, 0.3) is 11.5 Å². The highest BCUT2D eigenvalue weighted by Crippen LogP contribution is 2.27. The zero-order chi connectivity index (χ0) is 17.9. The molecule has 0 saturated carbocycles. The van der Waals surface area contributed by atoms with Crippen molar-refractivity contribution in [2.24, 2.45) is 0 Å². The van der Waals surface area contributed by atoms with Gasteiger partial charge >= 0.3 is 0 Å². The third kappa shape index (κ3) is 3.81. The van der Waals surface area contributed by atoms with E-state index in [0.717, 1.165) is 0 Å². The number of aromatic nitrogens is 2. The highest BCUT2D eigenvalue weighted by molar-refractivity contribution is 7.89. The van der Waals surface area contributed by atoms with Crippen LogP contribution in [0.5, 0.6) is 5.75 Å². The number of nitrogens with zero attached hydrogens (tertiary/aromatic N) is 2. The van der Waals surface area contributed by atoms with Crippen LogP contribution in [0.2, 0.25) is 5.02 Å². The van der Waals surface area contributed by atoms with Crippen LogP contribution < -0.4 is 9.46 Å². The summed E-state index contributed by atoms with van der Waals surface area (Å²) in [6.45, 7) is -0.0676. The smallest absolute Gasteiger partial charge is 0.244 e. The number of hydrogen-bond donors (Lipinski definition) is 1. The second kappa shape index (κ2) is 7.22. The third-order valence-electron chi connectivity index (χ3n) is 3.37. The lowest BCUT2D eigenvalue weighted by molar-refractivity contribution is 0.402. The molecule has 2 aromatic heterocycles. The van der Waals surface area contributed by atoms with Crippen molar-refractivity contribution in [3.8, 4) is 17.2 Å². The first-order valence-corrected chi connectivity index (χ1v) is 9.04. The summed E-state index contributed by atoms with van der Waals surface area (Å²) in [5.41, 5.74) is 0.898. The van der Waals surface area contributed by atoms with Crippen LogP contribution in [0, 0.1) is 0 Å². The summed E-state index contributed by atoms with van der Waals surface area (Å²) in [7, 11) is -2.48. The summed E-state index contributed by atoms with van der Waals surface area (Å²) < 4.78 is 38.1. The van der Waals surface area contributed by atoms with Gasteiger partial charge in [0.15, 0.2) is 5.76 Å². The van der Waals surface area contributed by atoms with Crippen LogP contribution in [-0.4, -0.2) is 25.5 Å². The van der Waals surface area contributed by atoms with Gasteiger partial charge in [0.05, 0.1) is 25.6 Å². The molecule has 3 aromatic rings. The van der Waals surface area contributed by atoms with Crippen LogP contribution in [0.1, 0.15) is 5.69 Å². The molecule has 9 heteroatoms. The van der Waals surface area contributed by atoms with E-state index in [1.165, 1.54) is 37.9 Å². The molecule has 130 valence electrons. The summed E-state index contributed by atoms with van der Waals surface area (Å²) in [6, 6.07) is 7.81. The Morgan fingerprint density at radius 1 is 1.24 bits per heavy atom. The normalized spacial score (nSPS) is 11.4. The molecule has 0 saturated heterocycles. The Morgan fingerprint density at radius 2 is 2.04 bits per heavy atom. The second-order valence-electron chi connectivity index (χ2n) is 4.95. The molecule has 7 nitrogen and oxygen atoms in total. The van der Waals surface area contributed by atoms with Crippen molar-refractivity contribution in [2.75, 3.05) is 7.11 Å². The maximum atomic E-state index is 12.6. The van der Waals surface area contributed by atoms with Gasteiger partial charge in [-0.3, -0.25) is 4.98 Å². The number of halogens is 1. The standard InChI is InChI=1S/C16H14ClN3O4S/c1-23-13-5-4-11(17)9-15(13)25(21,22)20-10-12-16(19-7-6-18-12)14-3-2-8-24-14/h2-9,20H,10H2,1H3. The Hall–Kier alpha value is -2.42. The SMILES string of the molecule is COc1ccc(Cl)cc1S(=O)(=O)NCc1nccnc1-c1ccco1. The van der Waals surface area contributed by atoms with E-state index < -0.39 is 10.0 Å². The highest BCUT2D eigenvalue weighted by Gasteiger charge is 2.21. The third-order valence-corrected chi connectivity index (χ3v) is 5.03. The Morgan fingerprint density at radius 3 is 2.76 bits per heavy atom. The van der Waals surface area contributed by atoms with Crippen molar-refractivity contribution in [1.82, 2.24) is 14.7 Å². The van der Waals surface area contributed by atoms with Gasteiger partial charge in [-0.05, 0) is 30.3 Å². The summed E-state index contributed by atoms with van der Waals surface area (Å²) in [5, 5.41) is 0.289. The number of benzene rings is 1. The highest BCUT2D eigenvalue weighted by atomic mass is 35.5. The van der Waals surface area contributed by atoms with Gasteiger partial charge in [0, 0.05) is 17.4 Å². The molecule has 0 amide bonds. The monoisotopic (exact) mass is 379 g/mol. The first kappa shape index (κ1) is 17.4. The Kier molecular flexibility index (Phi) is 5.03. The first-order valence-electron chi connectivity index (χ1n) is 7.18. The summed E-state index contributed by atoms with van der Waals surface area (Å²) in [6.07, 6.45) is 4.50. The van der Waals surface area contributed by atoms with E-state index >= 15 is 0 Å². The van der Waals surface area contributed by atoms with E-state index in [0.29, 0.717) is 17.1 Å². The molecule has 0 spiro atoms. The fourth-order valence-electron chi connectivity index (χ4n) is 2.22. The van der Waals surface area contributed by atoms with E-state index in [2.05, 4.69) is 14.7 Å². The molecule has 3 rings (SSSR count). The van der Waals surface area contributed by atoms with Crippen molar-refractivity contribution in [3.05, 3.63) is 59.7 Å². The minimum Gasteiger partial charge on any atom is -0.495 e. The molecule has 0 aliphatic heterocycles. The number of ether oxygens (including phenoxy) is 1. The van der Waals surface area contributed by atoms with E-state index in [4.69, 9.17) is 20.8 Å². The lowest BCUT2D eigenvalue weighted by Crippen LogP contribution is -2.24. The van der Waals surface area contributed by atoms with Crippen LogP contribution in [0.4, 0.5) is 0 Å². The van der Waals surface area contributed by atoms with Gasteiger partial charge < -0.3 is 9.15 Å². The van der Waals surface area contributed by atoms with E-state index in [1.54, 1.807) is 18.2 Å². The molecular weight excluding hydrogens is 366 g/mol. The van der Waals surface area contributed by atoms with E-state index in [1.807, 2.05) is 0 Å². The van der Waals surface area contributed by atoms with Crippen molar-refractivity contribution in [1.29, 1.82) is 0 Å². The molecule has 25 heavy (non-hydrogen) atoms. The van der Waals surface area contributed by atoms with Gasteiger partial charge in [-0.2, -0.15) is 0 Å². The van der Waals surface area contributed by atoms with Gasteiger partial charge in [-0.25, -0.2) is 18.1 Å². The average Bonchev–Trinajstić information content (AvgIpc) is 3.15. The number of sulfonamides is 1. The van der Waals surface area contributed by atoms with E-state index in [-0.39, 0.29) is 22.2 Å². The van der Waals surface area contributed by atoms with Crippen LogP contribution in [-0.2, 0) is 16.6 Å². The van der Waals surface area contributed by atoms with Crippen LogP contribution in [0.3, 0.4) is 0 Å². The number of nitrogens with one attached hydrogen (secondary N) is 1. The van der Waals surface area contributed by atoms with Gasteiger partial charge in [0.25, 0.3) is 0 Å². The predicted molar refractivity (Wildman–Crippen MR) is 91.8 cm³/mol. The second-order valence-corrected chi connectivity index (χ2v) is 7.12. The van der Waals surface area contributed by atoms with Crippen molar-refractivity contribution >= 4 is 21.6 Å². The zero-order valence-corrected chi connectivity index (χ0v) is 14.7. The molecular formula is C16H14ClN3O4S. The minimum absolute atomic E-state index is 0.0501. The molecule has 0 aliphatic carbocycles. The number of furan rings is 1. The van der Waals surface area contributed by atoms with E-state index in [9.17, 15) is 8.42 Å². The van der Waals surface area contributed by atoms with Crippen LogP contribution >= 0.6 is 11.6 Å². The molecule has 0 aliphatic rings. The molecule has 0 fully saturated rings. The van der Waals surface area contributed by atoms with Gasteiger partial charge in [-0.1, -0.05) is 11.6 Å². The maximum absolute atomic E-state index is 12.6. The lowest BCUT2D eigenvalue weighted by atomic mass is 10.2. The summed E-state index contributed by atoms with van der Waals surface area (Å²) >= 11 is 5.91. The fraction of sp³-hybridized carbons (Fsp3) is 0.125. The Balaban J connectivity index is 1.88. The number of hydrogen-bond acceptors (Lipinski definition) is 6. The molecule has 0 atom stereocenters. The van der Waals surface area contributed by atoms with Gasteiger partial charge in [0.1, 0.15) is 16.3 Å². The Bertz CT molecular complexity index is 975. The zero-order valence-electron chi connectivity index (χ0n) is 13.1.